The molecule has 2 heterocycles. The van der Waals surface area contributed by atoms with Crippen LogP contribution in [0.25, 0.3) is 10.8 Å². The van der Waals surface area contributed by atoms with Gasteiger partial charge in [0.25, 0.3) is 11.5 Å². The molecular formula is C18H24N4O2. The number of rotatable bonds is 3. The summed E-state index contributed by atoms with van der Waals surface area (Å²) in [6.45, 7) is 6.52. The summed E-state index contributed by atoms with van der Waals surface area (Å²) < 4.78 is 1.35. The standard InChI is InChI=1S/C18H24N4O2/c1-4-21-18(24)15-11-6-5-10-14(15)16(19-21)17(23)20-22-12(2)8-7-9-13(22)3/h5-6,10-13H,4,7-9H2,1-3H3,(H,20,23)/t12-,13-/m0/s1. The average Bonchev–Trinajstić information content (AvgIpc) is 2.59. The van der Waals surface area contributed by atoms with Crippen LogP contribution in [0.5, 0.6) is 0 Å². The smallest absolute Gasteiger partial charge is 0.283 e. The van der Waals surface area contributed by atoms with Crippen LogP contribution in [0.1, 0.15) is 50.5 Å². The minimum Gasteiger partial charge on any atom is -0.283 e. The molecule has 3 rings (SSSR count). The van der Waals surface area contributed by atoms with E-state index in [9.17, 15) is 9.59 Å². The minimum absolute atomic E-state index is 0.163. The van der Waals surface area contributed by atoms with Crippen LogP contribution >= 0.6 is 0 Å². The second-order valence-electron chi connectivity index (χ2n) is 6.49. The van der Waals surface area contributed by atoms with Crippen molar-refractivity contribution < 1.29 is 4.79 Å². The van der Waals surface area contributed by atoms with Gasteiger partial charge in [0, 0.05) is 24.0 Å². The van der Waals surface area contributed by atoms with E-state index in [1.165, 1.54) is 11.1 Å². The van der Waals surface area contributed by atoms with Crippen LogP contribution in [0.3, 0.4) is 0 Å². The molecular weight excluding hydrogens is 304 g/mol. The number of amides is 1. The zero-order valence-electron chi connectivity index (χ0n) is 14.5. The maximum absolute atomic E-state index is 12.9. The molecule has 1 aromatic carbocycles. The topological polar surface area (TPSA) is 67.2 Å². The monoisotopic (exact) mass is 328 g/mol. The van der Waals surface area contributed by atoms with Crippen molar-refractivity contribution in [3.63, 3.8) is 0 Å². The Bertz CT molecular complexity index is 804. The fourth-order valence-electron chi connectivity index (χ4n) is 3.43. The molecule has 1 amide bonds. The minimum atomic E-state index is -0.256. The van der Waals surface area contributed by atoms with Crippen molar-refractivity contribution in [1.29, 1.82) is 0 Å². The van der Waals surface area contributed by atoms with Crippen molar-refractivity contribution in [2.45, 2.75) is 58.7 Å². The summed E-state index contributed by atoms with van der Waals surface area (Å²) in [4.78, 5) is 25.3. The lowest BCUT2D eigenvalue weighted by Gasteiger charge is -2.38. The van der Waals surface area contributed by atoms with Crippen LogP contribution in [0.2, 0.25) is 0 Å². The zero-order chi connectivity index (χ0) is 17.3. The number of piperidine rings is 1. The number of nitrogens with zero attached hydrogens (tertiary/aromatic N) is 3. The molecule has 1 aliphatic heterocycles. The van der Waals surface area contributed by atoms with Crippen LogP contribution in [-0.4, -0.2) is 32.8 Å². The number of hydrazine groups is 1. The van der Waals surface area contributed by atoms with Crippen LogP contribution in [0.4, 0.5) is 0 Å². The number of aromatic nitrogens is 2. The first-order valence-electron chi connectivity index (χ1n) is 8.62. The quantitative estimate of drug-likeness (QED) is 0.939. The van der Waals surface area contributed by atoms with Gasteiger partial charge in [-0.1, -0.05) is 24.6 Å². The molecule has 6 nitrogen and oxygen atoms in total. The van der Waals surface area contributed by atoms with Crippen LogP contribution < -0.4 is 11.0 Å². The Morgan fingerprint density at radius 2 is 1.83 bits per heavy atom. The van der Waals surface area contributed by atoms with Gasteiger partial charge in [-0.2, -0.15) is 5.10 Å². The van der Waals surface area contributed by atoms with Gasteiger partial charge in [0.05, 0.1) is 5.39 Å². The highest BCUT2D eigenvalue weighted by molar-refractivity contribution is 6.04. The van der Waals surface area contributed by atoms with E-state index >= 15 is 0 Å². The van der Waals surface area contributed by atoms with Crippen molar-refractivity contribution in [3.05, 3.63) is 40.3 Å². The van der Waals surface area contributed by atoms with Crippen molar-refractivity contribution in [1.82, 2.24) is 20.2 Å². The van der Waals surface area contributed by atoms with Crippen LogP contribution in [0.15, 0.2) is 29.1 Å². The molecule has 0 unspecified atom stereocenters. The Balaban J connectivity index is 2.00. The van der Waals surface area contributed by atoms with Gasteiger partial charge >= 0.3 is 0 Å². The van der Waals surface area contributed by atoms with Crippen molar-refractivity contribution in [3.8, 4) is 0 Å². The van der Waals surface area contributed by atoms with E-state index in [1.807, 2.05) is 18.0 Å². The third kappa shape index (κ3) is 2.94. The predicted octanol–water partition coefficient (Wildman–Crippen LogP) is 2.32. The van der Waals surface area contributed by atoms with Gasteiger partial charge < -0.3 is 0 Å². The lowest BCUT2D eigenvalue weighted by Crippen LogP contribution is -2.54. The van der Waals surface area contributed by atoms with Crippen LogP contribution in [-0.2, 0) is 6.54 Å². The fourth-order valence-corrected chi connectivity index (χ4v) is 3.43. The summed E-state index contributed by atoms with van der Waals surface area (Å²) in [5, 5.41) is 7.44. The van der Waals surface area contributed by atoms with Crippen molar-refractivity contribution in [2.75, 3.05) is 0 Å². The average molecular weight is 328 g/mol. The number of carbonyl (C=O) groups is 1. The second-order valence-corrected chi connectivity index (χ2v) is 6.49. The van der Waals surface area contributed by atoms with Gasteiger partial charge in [-0.3, -0.25) is 15.0 Å². The number of aryl methyl sites for hydroxylation is 1. The molecule has 1 aromatic heterocycles. The largest absolute Gasteiger partial charge is 0.286 e. The Kier molecular flexibility index (Phi) is 4.66. The highest BCUT2D eigenvalue weighted by Gasteiger charge is 2.27. The molecule has 0 aliphatic carbocycles. The van der Waals surface area contributed by atoms with E-state index in [2.05, 4.69) is 24.4 Å². The molecule has 0 bridgehead atoms. The Morgan fingerprint density at radius 3 is 2.46 bits per heavy atom. The maximum atomic E-state index is 12.9. The number of nitrogens with one attached hydrogen (secondary N) is 1. The molecule has 2 atom stereocenters. The van der Waals surface area contributed by atoms with Gasteiger partial charge in [0.1, 0.15) is 0 Å². The molecule has 0 radical (unpaired) electrons. The summed E-state index contributed by atoms with van der Waals surface area (Å²) in [5.41, 5.74) is 3.15. The molecule has 1 N–H and O–H groups in total. The van der Waals surface area contributed by atoms with E-state index in [0.29, 0.717) is 35.1 Å². The highest BCUT2D eigenvalue weighted by Crippen LogP contribution is 2.21. The van der Waals surface area contributed by atoms with Gasteiger partial charge in [-0.05, 0) is 39.7 Å². The Hall–Kier alpha value is -2.21. The third-order valence-electron chi connectivity index (χ3n) is 4.81. The lowest BCUT2D eigenvalue weighted by molar-refractivity contribution is 0.0366. The van der Waals surface area contributed by atoms with E-state index in [4.69, 9.17) is 0 Å². The molecule has 1 aliphatic rings. The maximum Gasteiger partial charge on any atom is 0.286 e. The lowest BCUT2D eigenvalue weighted by atomic mass is 10.00. The summed E-state index contributed by atoms with van der Waals surface area (Å²) in [6.07, 6.45) is 3.30. The highest BCUT2D eigenvalue weighted by atomic mass is 16.2. The van der Waals surface area contributed by atoms with Crippen molar-refractivity contribution >= 4 is 16.7 Å². The van der Waals surface area contributed by atoms with E-state index < -0.39 is 0 Å². The van der Waals surface area contributed by atoms with E-state index in [0.717, 1.165) is 12.8 Å². The molecule has 0 spiro atoms. The summed E-state index contributed by atoms with van der Waals surface area (Å²) >= 11 is 0. The molecule has 24 heavy (non-hydrogen) atoms. The Morgan fingerprint density at radius 1 is 1.21 bits per heavy atom. The number of hydrogen-bond donors (Lipinski definition) is 1. The summed E-state index contributed by atoms with van der Waals surface area (Å²) in [7, 11) is 0. The summed E-state index contributed by atoms with van der Waals surface area (Å²) in [5.74, 6) is -0.256. The van der Waals surface area contributed by atoms with E-state index in [-0.39, 0.29) is 11.5 Å². The Labute approximate surface area is 141 Å². The third-order valence-corrected chi connectivity index (χ3v) is 4.81. The molecule has 2 aromatic rings. The van der Waals surface area contributed by atoms with Crippen molar-refractivity contribution in [2.24, 2.45) is 0 Å². The van der Waals surface area contributed by atoms with Gasteiger partial charge in [0.15, 0.2) is 5.69 Å². The molecule has 0 saturated carbocycles. The fraction of sp³-hybridized carbons (Fsp3) is 0.500. The molecule has 1 fully saturated rings. The number of fused-ring (bicyclic) bond motifs is 1. The SMILES string of the molecule is CCn1nc(C(=O)NN2[C@@H](C)CCC[C@@H]2C)c2ccccc2c1=O. The second kappa shape index (κ2) is 6.73. The number of benzene rings is 1. The molecule has 6 heteroatoms. The van der Waals surface area contributed by atoms with Gasteiger partial charge in [0.2, 0.25) is 0 Å². The van der Waals surface area contributed by atoms with Gasteiger partial charge in [-0.15, -0.1) is 0 Å². The number of carbonyl (C=O) groups excluding carboxylic acids is 1. The normalized spacial score (nSPS) is 21.8. The first kappa shape index (κ1) is 16.6. The first-order chi connectivity index (χ1) is 11.5. The van der Waals surface area contributed by atoms with E-state index in [1.54, 1.807) is 18.2 Å². The zero-order valence-corrected chi connectivity index (χ0v) is 14.5. The summed E-state index contributed by atoms with van der Waals surface area (Å²) in [6, 6.07) is 7.74. The van der Waals surface area contributed by atoms with Crippen LogP contribution in [0, 0.1) is 0 Å². The number of hydrogen-bond acceptors (Lipinski definition) is 4. The van der Waals surface area contributed by atoms with Gasteiger partial charge in [-0.25, -0.2) is 9.69 Å². The molecule has 128 valence electrons. The predicted molar refractivity (Wildman–Crippen MR) is 93.8 cm³/mol. The molecule has 1 saturated heterocycles. The first-order valence-corrected chi connectivity index (χ1v) is 8.62.